The van der Waals surface area contributed by atoms with Crippen LogP contribution in [0.5, 0.6) is 0 Å². The molecule has 0 aliphatic carbocycles. The summed E-state index contributed by atoms with van der Waals surface area (Å²) < 4.78 is 35.8. The Bertz CT molecular complexity index is 1350. The van der Waals surface area contributed by atoms with Crippen molar-refractivity contribution < 1.29 is 18.3 Å². The fourth-order valence-corrected chi connectivity index (χ4v) is 3.85. The minimum atomic E-state index is -0.967. The summed E-state index contributed by atoms with van der Waals surface area (Å²) in [5.74, 6) is -2.30. The van der Waals surface area contributed by atoms with Gasteiger partial charge in [-0.2, -0.15) is 0 Å². The van der Waals surface area contributed by atoms with Crippen LogP contribution in [0.1, 0.15) is 11.3 Å². The lowest BCUT2D eigenvalue weighted by atomic mass is 10.0. The Morgan fingerprint density at radius 3 is 2.58 bits per heavy atom. The van der Waals surface area contributed by atoms with Crippen LogP contribution < -0.4 is 5.56 Å². The van der Waals surface area contributed by atoms with Crippen molar-refractivity contribution in [2.45, 2.75) is 20.0 Å². The number of rotatable bonds is 5. The van der Waals surface area contributed by atoms with Crippen molar-refractivity contribution in [1.29, 1.82) is 0 Å². The van der Waals surface area contributed by atoms with E-state index in [4.69, 9.17) is 4.74 Å². The summed E-state index contributed by atoms with van der Waals surface area (Å²) in [6, 6.07) is 14.6. The number of halogens is 2. The standard InChI is InChI=1S/C24H20F2N2O3/c1-15-23(18-7-3-4-9-20(18)28(15)14-22(30)31-2)16-10-11-21(29)27(12-16)13-17-6-5-8-19(25)24(17)26/h3-12H,13-14H2,1-2H3. The topological polar surface area (TPSA) is 53.2 Å². The van der Waals surface area contributed by atoms with E-state index >= 15 is 0 Å². The summed E-state index contributed by atoms with van der Waals surface area (Å²) in [5, 5.41) is 0.908. The van der Waals surface area contributed by atoms with Crippen LogP contribution in [0.2, 0.25) is 0 Å². The van der Waals surface area contributed by atoms with Crippen LogP contribution in [0.15, 0.2) is 65.6 Å². The summed E-state index contributed by atoms with van der Waals surface area (Å²) in [6.45, 7) is 1.84. The Balaban J connectivity index is 1.85. The molecular weight excluding hydrogens is 402 g/mol. The molecule has 5 nitrogen and oxygen atoms in total. The molecule has 0 unspecified atom stereocenters. The summed E-state index contributed by atoms with van der Waals surface area (Å²) in [6.07, 6.45) is 1.63. The molecule has 0 saturated carbocycles. The van der Waals surface area contributed by atoms with E-state index in [0.29, 0.717) is 0 Å². The number of nitrogens with zero attached hydrogens (tertiary/aromatic N) is 2. The number of pyridine rings is 1. The van der Waals surface area contributed by atoms with Gasteiger partial charge < -0.3 is 13.9 Å². The van der Waals surface area contributed by atoms with Gasteiger partial charge in [-0.25, -0.2) is 8.78 Å². The van der Waals surface area contributed by atoms with Crippen molar-refractivity contribution >= 4 is 16.9 Å². The average molecular weight is 422 g/mol. The van der Waals surface area contributed by atoms with Gasteiger partial charge in [-0.3, -0.25) is 9.59 Å². The van der Waals surface area contributed by atoms with Gasteiger partial charge in [-0.1, -0.05) is 30.3 Å². The largest absolute Gasteiger partial charge is 0.468 e. The predicted molar refractivity (Wildman–Crippen MR) is 114 cm³/mol. The molecule has 2 aromatic carbocycles. The molecule has 0 aliphatic heterocycles. The van der Waals surface area contributed by atoms with E-state index in [1.165, 1.54) is 29.9 Å². The van der Waals surface area contributed by atoms with E-state index in [1.807, 2.05) is 35.8 Å². The summed E-state index contributed by atoms with van der Waals surface area (Å²) in [4.78, 5) is 24.4. The molecule has 2 aromatic heterocycles. The Morgan fingerprint density at radius 1 is 1.03 bits per heavy atom. The van der Waals surface area contributed by atoms with Crippen molar-refractivity contribution in [3.05, 3.63) is 94.0 Å². The fourth-order valence-electron chi connectivity index (χ4n) is 3.85. The maximum Gasteiger partial charge on any atom is 0.325 e. The Labute approximate surface area is 177 Å². The first kappa shape index (κ1) is 20.5. The quantitative estimate of drug-likeness (QED) is 0.451. The summed E-state index contributed by atoms with van der Waals surface area (Å²) in [7, 11) is 1.34. The number of methoxy groups -OCH3 is 1. The number of aromatic nitrogens is 2. The third kappa shape index (κ3) is 3.74. The number of benzene rings is 2. The molecule has 0 spiro atoms. The second kappa shape index (κ2) is 8.18. The SMILES string of the molecule is COC(=O)Cn1c(C)c(-c2ccc(=O)n(Cc3cccc(F)c3F)c2)c2ccccc21. The maximum atomic E-state index is 14.1. The molecular formula is C24H20F2N2O3. The van der Waals surface area contributed by atoms with Gasteiger partial charge in [-0.15, -0.1) is 0 Å². The van der Waals surface area contributed by atoms with Gasteiger partial charge in [0.15, 0.2) is 11.6 Å². The molecule has 0 atom stereocenters. The Kier molecular flexibility index (Phi) is 5.42. The Hall–Kier alpha value is -3.74. The van der Waals surface area contributed by atoms with Crippen LogP contribution in [0, 0.1) is 18.6 Å². The fraction of sp³-hybridized carbons (Fsp3) is 0.167. The first-order valence-corrected chi connectivity index (χ1v) is 9.69. The lowest BCUT2D eigenvalue weighted by Crippen LogP contribution is -2.20. The Morgan fingerprint density at radius 2 is 1.81 bits per heavy atom. The monoisotopic (exact) mass is 422 g/mol. The van der Waals surface area contributed by atoms with Gasteiger partial charge in [0.25, 0.3) is 5.56 Å². The molecule has 0 saturated heterocycles. The molecule has 0 aliphatic rings. The van der Waals surface area contributed by atoms with Crippen LogP contribution in [0.3, 0.4) is 0 Å². The van der Waals surface area contributed by atoms with E-state index in [1.54, 1.807) is 12.3 Å². The van der Waals surface area contributed by atoms with E-state index in [9.17, 15) is 18.4 Å². The van der Waals surface area contributed by atoms with E-state index < -0.39 is 11.6 Å². The van der Waals surface area contributed by atoms with Crippen LogP contribution in [-0.2, 0) is 22.6 Å². The first-order valence-electron chi connectivity index (χ1n) is 9.69. The second-order valence-electron chi connectivity index (χ2n) is 7.24. The number of fused-ring (bicyclic) bond motifs is 1. The van der Waals surface area contributed by atoms with Gasteiger partial charge in [0, 0.05) is 45.6 Å². The second-order valence-corrected chi connectivity index (χ2v) is 7.24. The van der Waals surface area contributed by atoms with Crippen molar-refractivity contribution in [3.63, 3.8) is 0 Å². The molecule has 0 amide bonds. The highest BCUT2D eigenvalue weighted by molar-refractivity contribution is 5.98. The number of carbonyl (C=O) groups is 1. The van der Waals surface area contributed by atoms with Gasteiger partial charge in [-0.05, 0) is 25.1 Å². The first-order chi connectivity index (χ1) is 14.9. The average Bonchev–Trinajstić information content (AvgIpc) is 3.04. The van der Waals surface area contributed by atoms with Crippen LogP contribution in [-0.4, -0.2) is 22.2 Å². The van der Waals surface area contributed by atoms with Crippen molar-refractivity contribution in [2.75, 3.05) is 7.11 Å². The van der Waals surface area contributed by atoms with Gasteiger partial charge in [0.2, 0.25) is 0 Å². The molecule has 0 radical (unpaired) electrons. The molecule has 4 aromatic rings. The van der Waals surface area contributed by atoms with Crippen LogP contribution >= 0.6 is 0 Å². The normalized spacial score (nSPS) is 11.1. The third-order valence-corrected chi connectivity index (χ3v) is 5.39. The molecule has 31 heavy (non-hydrogen) atoms. The lowest BCUT2D eigenvalue weighted by Gasteiger charge is -2.11. The summed E-state index contributed by atoms with van der Waals surface area (Å²) in [5.41, 5.74) is 3.03. The number of para-hydroxylation sites is 1. The highest BCUT2D eigenvalue weighted by Crippen LogP contribution is 2.34. The van der Waals surface area contributed by atoms with E-state index in [-0.39, 0.29) is 30.2 Å². The number of carbonyl (C=O) groups excluding carboxylic acids is 1. The summed E-state index contributed by atoms with van der Waals surface area (Å²) >= 11 is 0. The number of ether oxygens (including phenoxy) is 1. The van der Waals surface area contributed by atoms with Gasteiger partial charge in [0.1, 0.15) is 6.54 Å². The minimum absolute atomic E-state index is 0.0526. The van der Waals surface area contributed by atoms with Gasteiger partial charge >= 0.3 is 5.97 Å². The molecule has 0 N–H and O–H groups in total. The van der Waals surface area contributed by atoms with Crippen molar-refractivity contribution in [2.24, 2.45) is 0 Å². The minimum Gasteiger partial charge on any atom is -0.468 e. The number of hydrogen-bond acceptors (Lipinski definition) is 3. The molecule has 158 valence electrons. The zero-order chi connectivity index (χ0) is 22.1. The van der Waals surface area contributed by atoms with Crippen LogP contribution in [0.4, 0.5) is 8.78 Å². The number of esters is 1. The van der Waals surface area contributed by atoms with E-state index in [0.717, 1.165) is 33.8 Å². The van der Waals surface area contributed by atoms with Gasteiger partial charge in [0.05, 0.1) is 13.7 Å². The van der Waals surface area contributed by atoms with Crippen molar-refractivity contribution in [1.82, 2.24) is 9.13 Å². The third-order valence-electron chi connectivity index (χ3n) is 5.39. The lowest BCUT2D eigenvalue weighted by molar-refractivity contribution is -0.141. The molecule has 2 heterocycles. The maximum absolute atomic E-state index is 14.1. The predicted octanol–water partition coefficient (Wildman–Crippen LogP) is 4.28. The smallest absolute Gasteiger partial charge is 0.325 e. The highest BCUT2D eigenvalue weighted by atomic mass is 19.2. The molecule has 0 fully saturated rings. The zero-order valence-corrected chi connectivity index (χ0v) is 17.1. The molecule has 7 heteroatoms. The zero-order valence-electron chi connectivity index (χ0n) is 17.1. The van der Waals surface area contributed by atoms with Crippen molar-refractivity contribution in [3.8, 4) is 11.1 Å². The number of hydrogen-bond donors (Lipinski definition) is 0. The highest BCUT2D eigenvalue weighted by Gasteiger charge is 2.18. The van der Waals surface area contributed by atoms with E-state index in [2.05, 4.69) is 0 Å². The van der Waals surface area contributed by atoms with Crippen LogP contribution in [0.25, 0.3) is 22.0 Å². The molecule has 0 bridgehead atoms. The molecule has 4 rings (SSSR count).